The molecule has 13 heavy (non-hydrogen) atoms. The second-order valence-corrected chi connectivity index (χ2v) is 3.94. The van der Waals surface area contributed by atoms with Crippen LogP contribution in [-0.2, 0) is 0 Å². The highest BCUT2D eigenvalue weighted by molar-refractivity contribution is 7.09. The number of hydrogen-bond acceptors (Lipinski definition) is 5. The molecule has 2 N–H and O–H groups in total. The van der Waals surface area contributed by atoms with E-state index in [1.54, 1.807) is 0 Å². The maximum atomic E-state index is 4.22. The first kappa shape index (κ1) is 10.4. The Bertz CT molecular complexity index is 248. The SMILES string of the molecule is CNCC(C)CNc1nc(C)ns1. The fraction of sp³-hybridized carbons (Fsp3) is 0.750. The molecule has 0 spiro atoms. The Balaban J connectivity index is 2.26. The molecule has 1 atom stereocenters. The fourth-order valence-electron chi connectivity index (χ4n) is 1.05. The van der Waals surface area contributed by atoms with Gasteiger partial charge >= 0.3 is 0 Å². The second kappa shape index (κ2) is 5.14. The average molecular weight is 200 g/mol. The fourth-order valence-corrected chi connectivity index (χ4v) is 1.63. The molecule has 0 saturated carbocycles. The molecule has 0 amide bonds. The summed E-state index contributed by atoms with van der Waals surface area (Å²) in [5.41, 5.74) is 0. The number of anilines is 1. The number of nitrogens with one attached hydrogen (secondary N) is 2. The maximum absolute atomic E-state index is 4.22. The monoisotopic (exact) mass is 200 g/mol. The van der Waals surface area contributed by atoms with Gasteiger partial charge in [-0.2, -0.15) is 4.37 Å². The van der Waals surface area contributed by atoms with Gasteiger partial charge in [0.25, 0.3) is 0 Å². The third-order valence-electron chi connectivity index (χ3n) is 1.68. The smallest absolute Gasteiger partial charge is 0.202 e. The minimum absolute atomic E-state index is 0.606. The molecule has 0 aliphatic rings. The van der Waals surface area contributed by atoms with Crippen molar-refractivity contribution in [3.8, 4) is 0 Å². The van der Waals surface area contributed by atoms with Crippen molar-refractivity contribution in [2.75, 3.05) is 25.5 Å². The molecule has 0 radical (unpaired) electrons. The summed E-state index contributed by atoms with van der Waals surface area (Å²) in [4.78, 5) is 4.22. The van der Waals surface area contributed by atoms with Crippen LogP contribution in [0.4, 0.5) is 5.13 Å². The van der Waals surface area contributed by atoms with Crippen LogP contribution in [0.2, 0.25) is 0 Å². The van der Waals surface area contributed by atoms with Crippen molar-refractivity contribution >= 4 is 16.7 Å². The summed E-state index contributed by atoms with van der Waals surface area (Å²) in [6, 6.07) is 0. The molecule has 74 valence electrons. The Hall–Kier alpha value is -0.680. The van der Waals surface area contributed by atoms with E-state index >= 15 is 0 Å². The Morgan fingerprint density at radius 2 is 2.23 bits per heavy atom. The Morgan fingerprint density at radius 1 is 1.46 bits per heavy atom. The predicted molar refractivity (Wildman–Crippen MR) is 56.2 cm³/mol. The van der Waals surface area contributed by atoms with Gasteiger partial charge in [-0.15, -0.1) is 0 Å². The van der Waals surface area contributed by atoms with E-state index in [1.807, 2.05) is 14.0 Å². The van der Waals surface area contributed by atoms with Crippen LogP contribution in [0.5, 0.6) is 0 Å². The molecule has 1 aromatic rings. The lowest BCUT2D eigenvalue weighted by atomic mass is 10.2. The topological polar surface area (TPSA) is 49.8 Å². The lowest BCUT2D eigenvalue weighted by molar-refractivity contribution is 0.569. The molecule has 5 heteroatoms. The van der Waals surface area contributed by atoms with E-state index in [0.29, 0.717) is 5.92 Å². The van der Waals surface area contributed by atoms with Crippen molar-refractivity contribution in [2.45, 2.75) is 13.8 Å². The zero-order chi connectivity index (χ0) is 9.68. The Kier molecular flexibility index (Phi) is 4.11. The molecule has 0 aliphatic heterocycles. The predicted octanol–water partition coefficient (Wildman–Crippen LogP) is 1.11. The van der Waals surface area contributed by atoms with Gasteiger partial charge in [0.2, 0.25) is 5.13 Å². The number of hydrogen-bond donors (Lipinski definition) is 2. The van der Waals surface area contributed by atoms with Crippen LogP contribution in [-0.4, -0.2) is 29.5 Å². The van der Waals surface area contributed by atoms with Crippen LogP contribution in [0.3, 0.4) is 0 Å². The van der Waals surface area contributed by atoms with E-state index in [4.69, 9.17) is 0 Å². The van der Waals surface area contributed by atoms with E-state index in [0.717, 1.165) is 24.0 Å². The molecule has 1 heterocycles. The lowest BCUT2D eigenvalue weighted by Gasteiger charge is -2.10. The number of nitrogens with zero attached hydrogens (tertiary/aromatic N) is 2. The van der Waals surface area contributed by atoms with Gasteiger partial charge in [0, 0.05) is 18.1 Å². The van der Waals surface area contributed by atoms with E-state index in [2.05, 4.69) is 26.9 Å². The summed E-state index contributed by atoms with van der Waals surface area (Å²) >= 11 is 1.42. The Morgan fingerprint density at radius 3 is 2.77 bits per heavy atom. The quantitative estimate of drug-likeness (QED) is 0.747. The van der Waals surface area contributed by atoms with Crippen molar-refractivity contribution in [1.29, 1.82) is 0 Å². The molecule has 4 nitrogen and oxygen atoms in total. The third kappa shape index (κ3) is 3.69. The average Bonchev–Trinajstić information content (AvgIpc) is 2.49. The molecule has 0 saturated heterocycles. The van der Waals surface area contributed by atoms with Crippen molar-refractivity contribution in [3.63, 3.8) is 0 Å². The summed E-state index contributed by atoms with van der Waals surface area (Å²) in [7, 11) is 1.96. The van der Waals surface area contributed by atoms with Crippen molar-refractivity contribution in [1.82, 2.24) is 14.7 Å². The molecule has 1 aromatic heterocycles. The summed E-state index contributed by atoms with van der Waals surface area (Å²) in [5.74, 6) is 1.45. The molecular formula is C8H16N4S. The van der Waals surface area contributed by atoms with Gasteiger partial charge in [0.1, 0.15) is 5.82 Å². The summed E-state index contributed by atoms with van der Waals surface area (Å²) in [6.07, 6.45) is 0. The van der Waals surface area contributed by atoms with Gasteiger partial charge in [-0.25, -0.2) is 4.98 Å². The largest absolute Gasteiger partial charge is 0.360 e. The van der Waals surface area contributed by atoms with Crippen molar-refractivity contribution < 1.29 is 0 Å². The van der Waals surface area contributed by atoms with E-state index in [-0.39, 0.29) is 0 Å². The molecule has 0 aliphatic carbocycles. The molecule has 0 fully saturated rings. The highest BCUT2D eigenvalue weighted by Crippen LogP contribution is 2.10. The first-order chi connectivity index (χ1) is 6.22. The summed E-state index contributed by atoms with van der Waals surface area (Å²) < 4.78 is 4.09. The molecular weight excluding hydrogens is 184 g/mol. The normalized spacial score (nSPS) is 12.8. The van der Waals surface area contributed by atoms with Crippen LogP contribution in [0, 0.1) is 12.8 Å². The van der Waals surface area contributed by atoms with Gasteiger partial charge in [-0.3, -0.25) is 0 Å². The van der Waals surface area contributed by atoms with Crippen LogP contribution in [0.25, 0.3) is 0 Å². The molecule has 1 rings (SSSR count). The zero-order valence-corrected chi connectivity index (χ0v) is 9.11. The van der Waals surface area contributed by atoms with Crippen LogP contribution in [0.15, 0.2) is 0 Å². The summed E-state index contributed by atoms with van der Waals surface area (Å²) in [6.45, 7) is 6.05. The number of aromatic nitrogens is 2. The highest BCUT2D eigenvalue weighted by atomic mass is 32.1. The number of aryl methyl sites for hydroxylation is 1. The van der Waals surface area contributed by atoms with Gasteiger partial charge in [-0.05, 0) is 26.4 Å². The zero-order valence-electron chi connectivity index (χ0n) is 8.29. The van der Waals surface area contributed by atoms with Crippen LogP contribution < -0.4 is 10.6 Å². The molecule has 1 unspecified atom stereocenters. The summed E-state index contributed by atoms with van der Waals surface area (Å²) in [5, 5.41) is 7.31. The van der Waals surface area contributed by atoms with E-state index in [1.165, 1.54) is 11.5 Å². The first-order valence-electron chi connectivity index (χ1n) is 4.41. The third-order valence-corrected chi connectivity index (χ3v) is 2.45. The second-order valence-electron chi connectivity index (χ2n) is 3.19. The highest BCUT2D eigenvalue weighted by Gasteiger charge is 2.02. The van der Waals surface area contributed by atoms with Gasteiger partial charge in [0.05, 0.1) is 0 Å². The minimum Gasteiger partial charge on any atom is -0.360 e. The minimum atomic E-state index is 0.606. The molecule has 0 bridgehead atoms. The molecule has 0 aromatic carbocycles. The maximum Gasteiger partial charge on any atom is 0.202 e. The van der Waals surface area contributed by atoms with Crippen molar-refractivity contribution in [3.05, 3.63) is 5.82 Å². The van der Waals surface area contributed by atoms with Gasteiger partial charge in [-0.1, -0.05) is 6.92 Å². The standard InChI is InChI=1S/C8H16N4S/c1-6(4-9-3)5-10-8-11-7(2)12-13-8/h6,9H,4-5H2,1-3H3,(H,10,11,12). The van der Waals surface area contributed by atoms with Crippen LogP contribution in [0.1, 0.15) is 12.7 Å². The Labute approximate surface area is 82.9 Å². The number of rotatable bonds is 5. The van der Waals surface area contributed by atoms with Crippen molar-refractivity contribution in [2.24, 2.45) is 5.92 Å². The van der Waals surface area contributed by atoms with Crippen LogP contribution >= 0.6 is 11.5 Å². The van der Waals surface area contributed by atoms with E-state index in [9.17, 15) is 0 Å². The first-order valence-corrected chi connectivity index (χ1v) is 5.18. The lowest BCUT2D eigenvalue weighted by Crippen LogP contribution is -2.22. The van der Waals surface area contributed by atoms with Gasteiger partial charge < -0.3 is 10.6 Å². The van der Waals surface area contributed by atoms with Gasteiger partial charge in [0.15, 0.2) is 0 Å². The van der Waals surface area contributed by atoms with E-state index < -0.39 is 0 Å².